The van der Waals surface area contributed by atoms with E-state index >= 15 is 0 Å². The zero-order valence-electron chi connectivity index (χ0n) is 13.3. The first-order valence-corrected chi connectivity index (χ1v) is 8.24. The smallest absolute Gasteiger partial charge is 0.222 e. The molecule has 1 aliphatic carbocycles. The van der Waals surface area contributed by atoms with E-state index in [-0.39, 0.29) is 6.04 Å². The van der Waals surface area contributed by atoms with Gasteiger partial charge in [-0.3, -0.25) is 4.79 Å². The SMILES string of the molecule is CC(C)N1CCC(N(C)C(=O)C[C@@H]2CCC[C@H]2N)CC1. The normalized spacial score (nSPS) is 29.1. The largest absolute Gasteiger partial charge is 0.343 e. The molecule has 0 radical (unpaired) electrons. The molecule has 0 aromatic heterocycles. The lowest BCUT2D eigenvalue weighted by Gasteiger charge is -2.38. The number of hydrogen-bond donors (Lipinski definition) is 1. The molecule has 2 rings (SSSR count). The third-order valence-corrected chi connectivity index (χ3v) is 5.33. The van der Waals surface area contributed by atoms with Gasteiger partial charge in [-0.15, -0.1) is 0 Å². The highest BCUT2D eigenvalue weighted by molar-refractivity contribution is 5.76. The first-order chi connectivity index (χ1) is 9.49. The number of nitrogens with two attached hydrogens (primary N) is 1. The Morgan fingerprint density at radius 1 is 1.25 bits per heavy atom. The van der Waals surface area contributed by atoms with E-state index in [2.05, 4.69) is 18.7 Å². The minimum absolute atomic E-state index is 0.245. The van der Waals surface area contributed by atoms with Crippen molar-refractivity contribution in [1.29, 1.82) is 0 Å². The van der Waals surface area contributed by atoms with E-state index in [0.717, 1.165) is 38.8 Å². The van der Waals surface area contributed by atoms with Gasteiger partial charge in [-0.05, 0) is 45.4 Å². The van der Waals surface area contributed by atoms with Crippen molar-refractivity contribution in [3.63, 3.8) is 0 Å². The quantitative estimate of drug-likeness (QED) is 0.855. The Morgan fingerprint density at radius 2 is 1.90 bits per heavy atom. The molecule has 116 valence electrons. The van der Waals surface area contributed by atoms with Gasteiger partial charge in [0.25, 0.3) is 0 Å². The maximum atomic E-state index is 12.4. The second-order valence-electron chi connectivity index (χ2n) is 6.92. The van der Waals surface area contributed by atoms with Crippen LogP contribution in [0, 0.1) is 5.92 Å². The number of hydrogen-bond acceptors (Lipinski definition) is 3. The van der Waals surface area contributed by atoms with Crippen LogP contribution in [0.1, 0.15) is 52.4 Å². The van der Waals surface area contributed by atoms with Crippen LogP contribution in [0.3, 0.4) is 0 Å². The van der Waals surface area contributed by atoms with Crippen molar-refractivity contribution in [2.45, 2.75) is 70.5 Å². The fraction of sp³-hybridized carbons (Fsp3) is 0.938. The Bertz CT molecular complexity index is 324. The number of rotatable bonds is 4. The van der Waals surface area contributed by atoms with Gasteiger partial charge < -0.3 is 15.5 Å². The second kappa shape index (κ2) is 6.90. The van der Waals surface area contributed by atoms with E-state index in [1.54, 1.807) is 0 Å². The zero-order chi connectivity index (χ0) is 14.7. The van der Waals surface area contributed by atoms with Gasteiger partial charge in [-0.2, -0.15) is 0 Å². The molecule has 2 aliphatic rings. The van der Waals surface area contributed by atoms with Crippen molar-refractivity contribution in [3.8, 4) is 0 Å². The summed E-state index contributed by atoms with van der Waals surface area (Å²) in [6.45, 7) is 6.72. The maximum Gasteiger partial charge on any atom is 0.222 e. The summed E-state index contributed by atoms with van der Waals surface area (Å²) in [5, 5.41) is 0. The van der Waals surface area contributed by atoms with E-state index < -0.39 is 0 Å². The Kier molecular flexibility index (Phi) is 5.44. The average molecular weight is 281 g/mol. The van der Waals surface area contributed by atoms with Crippen molar-refractivity contribution in [2.24, 2.45) is 11.7 Å². The summed E-state index contributed by atoms with van der Waals surface area (Å²) in [5.41, 5.74) is 6.08. The Balaban J connectivity index is 1.79. The van der Waals surface area contributed by atoms with E-state index in [1.165, 1.54) is 6.42 Å². The first-order valence-electron chi connectivity index (χ1n) is 8.24. The Hall–Kier alpha value is -0.610. The van der Waals surface area contributed by atoms with Crippen LogP contribution >= 0.6 is 0 Å². The molecule has 0 aromatic rings. The first kappa shape index (κ1) is 15.8. The molecular formula is C16H31N3O. The highest BCUT2D eigenvalue weighted by atomic mass is 16.2. The third-order valence-electron chi connectivity index (χ3n) is 5.33. The van der Waals surface area contributed by atoms with Crippen LogP contribution in [0.15, 0.2) is 0 Å². The van der Waals surface area contributed by atoms with Crippen LogP contribution in [-0.4, -0.2) is 54.0 Å². The molecule has 1 heterocycles. The lowest BCUT2D eigenvalue weighted by Crippen LogP contribution is -2.47. The number of carbonyl (C=O) groups is 1. The van der Waals surface area contributed by atoms with Gasteiger partial charge in [-0.1, -0.05) is 6.42 Å². The summed E-state index contributed by atoms with van der Waals surface area (Å²) >= 11 is 0. The number of carbonyl (C=O) groups excluding carboxylic acids is 1. The topological polar surface area (TPSA) is 49.6 Å². The van der Waals surface area contributed by atoms with Crippen LogP contribution in [0.2, 0.25) is 0 Å². The number of piperidine rings is 1. The van der Waals surface area contributed by atoms with Gasteiger partial charge in [0.1, 0.15) is 0 Å². The molecule has 0 spiro atoms. The van der Waals surface area contributed by atoms with Gasteiger partial charge in [-0.25, -0.2) is 0 Å². The van der Waals surface area contributed by atoms with Crippen LogP contribution in [0.5, 0.6) is 0 Å². The Labute approximate surface area is 123 Å². The van der Waals surface area contributed by atoms with Crippen molar-refractivity contribution >= 4 is 5.91 Å². The van der Waals surface area contributed by atoms with Gasteiger partial charge >= 0.3 is 0 Å². The van der Waals surface area contributed by atoms with Crippen LogP contribution in [-0.2, 0) is 4.79 Å². The molecule has 4 nitrogen and oxygen atoms in total. The predicted octanol–water partition coefficient (Wildman–Crippen LogP) is 1.84. The second-order valence-corrected chi connectivity index (χ2v) is 6.92. The van der Waals surface area contributed by atoms with Gasteiger partial charge in [0.05, 0.1) is 0 Å². The van der Waals surface area contributed by atoms with E-state index in [0.29, 0.717) is 30.3 Å². The molecule has 2 N–H and O–H groups in total. The average Bonchev–Trinajstić information content (AvgIpc) is 2.83. The molecule has 0 bridgehead atoms. The standard InChI is InChI=1S/C16H31N3O/c1-12(2)19-9-7-14(8-10-19)18(3)16(20)11-13-5-4-6-15(13)17/h12-15H,4-11,17H2,1-3H3/t13-,15+/m0/s1. The number of amides is 1. The molecule has 1 amide bonds. The number of likely N-dealkylation sites (tertiary alicyclic amines) is 1. The van der Waals surface area contributed by atoms with Gasteiger partial charge in [0.2, 0.25) is 5.91 Å². The van der Waals surface area contributed by atoms with Crippen molar-refractivity contribution < 1.29 is 4.79 Å². The maximum absolute atomic E-state index is 12.4. The summed E-state index contributed by atoms with van der Waals surface area (Å²) in [6, 6.07) is 1.29. The summed E-state index contributed by atoms with van der Waals surface area (Å²) in [4.78, 5) is 16.9. The van der Waals surface area contributed by atoms with Crippen LogP contribution in [0.4, 0.5) is 0 Å². The van der Waals surface area contributed by atoms with Crippen LogP contribution in [0.25, 0.3) is 0 Å². The minimum atomic E-state index is 0.245. The molecule has 0 aromatic carbocycles. The molecule has 2 atom stereocenters. The highest BCUT2D eigenvalue weighted by Gasteiger charge is 2.30. The molecule has 0 unspecified atom stereocenters. The molecular weight excluding hydrogens is 250 g/mol. The molecule has 1 saturated heterocycles. The summed E-state index contributed by atoms with van der Waals surface area (Å²) in [7, 11) is 1.98. The summed E-state index contributed by atoms with van der Waals surface area (Å²) < 4.78 is 0. The van der Waals surface area contributed by atoms with E-state index in [1.807, 2.05) is 11.9 Å². The lowest BCUT2D eigenvalue weighted by atomic mass is 9.97. The summed E-state index contributed by atoms with van der Waals surface area (Å²) in [6.07, 6.45) is 6.28. The third kappa shape index (κ3) is 3.73. The van der Waals surface area contributed by atoms with E-state index in [9.17, 15) is 4.79 Å². The molecule has 2 fully saturated rings. The van der Waals surface area contributed by atoms with Gasteiger partial charge in [0.15, 0.2) is 0 Å². The Morgan fingerprint density at radius 3 is 2.40 bits per heavy atom. The van der Waals surface area contributed by atoms with Crippen molar-refractivity contribution in [2.75, 3.05) is 20.1 Å². The van der Waals surface area contributed by atoms with Crippen molar-refractivity contribution in [3.05, 3.63) is 0 Å². The summed E-state index contributed by atoms with van der Waals surface area (Å²) in [5.74, 6) is 0.719. The number of nitrogens with zero attached hydrogens (tertiary/aromatic N) is 2. The van der Waals surface area contributed by atoms with E-state index in [4.69, 9.17) is 5.73 Å². The monoisotopic (exact) mass is 281 g/mol. The minimum Gasteiger partial charge on any atom is -0.343 e. The molecule has 1 aliphatic heterocycles. The fourth-order valence-electron chi connectivity index (χ4n) is 3.68. The molecule has 4 heteroatoms. The predicted molar refractivity (Wildman–Crippen MR) is 82.4 cm³/mol. The van der Waals surface area contributed by atoms with Crippen LogP contribution < -0.4 is 5.73 Å². The van der Waals surface area contributed by atoms with Gasteiger partial charge in [0, 0.05) is 44.7 Å². The van der Waals surface area contributed by atoms with Crippen molar-refractivity contribution in [1.82, 2.24) is 9.80 Å². The molecule has 20 heavy (non-hydrogen) atoms. The fourth-order valence-corrected chi connectivity index (χ4v) is 3.68. The zero-order valence-corrected chi connectivity index (χ0v) is 13.3. The molecule has 1 saturated carbocycles. The highest BCUT2D eigenvalue weighted by Crippen LogP contribution is 2.28. The lowest BCUT2D eigenvalue weighted by molar-refractivity contribution is -0.134.